The fourth-order valence-electron chi connectivity index (χ4n) is 5.58. The van der Waals surface area contributed by atoms with Gasteiger partial charge in [-0.2, -0.15) is 18.3 Å². The predicted octanol–water partition coefficient (Wildman–Crippen LogP) is 3.54. The van der Waals surface area contributed by atoms with E-state index in [0.717, 1.165) is 0 Å². The maximum Gasteiger partial charge on any atom is 0.410 e. The second kappa shape index (κ2) is 9.84. The van der Waals surface area contributed by atoms with Crippen LogP contribution in [0.25, 0.3) is 22.1 Å². The van der Waals surface area contributed by atoms with E-state index in [4.69, 9.17) is 16.3 Å². The van der Waals surface area contributed by atoms with Gasteiger partial charge < -0.3 is 14.5 Å². The molecule has 1 aromatic carbocycles. The third-order valence-electron chi connectivity index (χ3n) is 7.42. The van der Waals surface area contributed by atoms with Crippen molar-refractivity contribution < 1.29 is 27.5 Å². The lowest BCUT2D eigenvalue weighted by Crippen LogP contribution is -2.47. The van der Waals surface area contributed by atoms with Crippen molar-refractivity contribution >= 4 is 45.7 Å². The van der Waals surface area contributed by atoms with Crippen LogP contribution in [0.3, 0.4) is 0 Å². The Morgan fingerprint density at radius 2 is 2.00 bits per heavy atom. The normalized spacial score (nSPS) is 18.8. The minimum Gasteiger partial charge on any atom is -0.436 e. The average Bonchev–Trinajstić information content (AvgIpc) is 3.50. The van der Waals surface area contributed by atoms with E-state index in [1.165, 1.54) is 11.1 Å². The molecule has 2 aliphatic rings. The molecule has 6 rings (SSSR count). The molecule has 15 heteroatoms. The van der Waals surface area contributed by atoms with Crippen molar-refractivity contribution in [3.05, 3.63) is 57.2 Å². The number of carbonyl (C=O) groups is 2. The third kappa shape index (κ3) is 4.76. The maximum atomic E-state index is 13.4. The summed E-state index contributed by atoms with van der Waals surface area (Å²) in [5.74, 6) is -0.942. The summed E-state index contributed by atoms with van der Waals surface area (Å²) in [6, 6.07) is 4.88. The molecule has 0 bridgehead atoms. The summed E-state index contributed by atoms with van der Waals surface area (Å²) in [4.78, 5) is 47.8. The molecule has 0 radical (unpaired) electrons. The standard InChI is InChI=1S/C25H23ClF3N7O4/c26-17-8-13-9-19(22(37)35(12-25(27,28)29)11-16(13)15-10-31-33-20(15)17)40-24(39)34-6-3-14(4-7-34)36-18-2-1-5-30-21(18)32-23(36)38/h1-2,5,8,10,14,19H,3-4,6-7,9,11-12H2,(H,31,33)(H,30,32,38)/t19-/m1/s1. The molecule has 1 saturated heterocycles. The largest absolute Gasteiger partial charge is 0.436 e. The highest BCUT2D eigenvalue weighted by atomic mass is 35.5. The number of rotatable bonds is 3. The highest BCUT2D eigenvalue weighted by molar-refractivity contribution is 6.35. The Bertz CT molecular complexity index is 1670. The first-order valence-electron chi connectivity index (χ1n) is 12.6. The summed E-state index contributed by atoms with van der Waals surface area (Å²) in [6.07, 6.45) is -3.18. The minimum absolute atomic E-state index is 0.136. The van der Waals surface area contributed by atoms with Gasteiger partial charge in [-0.15, -0.1) is 0 Å². The number of pyridine rings is 1. The number of nitrogens with zero attached hydrogens (tertiary/aromatic N) is 5. The van der Waals surface area contributed by atoms with Crippen LogP contribution in [-0.2, 0) is 22.5 Å². The van der Waals surface area contributed by atoms with Crippen LogP contribution < -0.4 is 5.69 Å². The molecule has 0 spiro atoms. The van der Waals surface area contributed by atoms with Crippen molar-refractivity contribution in [2.45, 2.75) is 44.1 Å². The number of ether oxygens (including phenoxy) is 1. The molecule has 0 unspecified atom stereocenters. The number of aromatic amines is 2. The van der Waals surface area contributed by atoms with Crippen molar-refractivity contribution in [3.63, 3.8) is 0 Å². The molecule has 2 aliphatic heterocycles. The van der Waals surface area contributed by atoms with Crippen molar-refractivity contribution in [1.82, 2.24) is 34.5 Å². The van der Waals surface area contributed by atoms with Gasteiger partial charge in [0.05, 0.1) is 22.3 Å². The molecule has 40 heavy (non-hydrogen) atoms. The van der Waals surface area contributed by atoms with Gasteiger partial charge in [-0.1, -0.05) is 11.6 Å². The van der Waals surface area contributed by atoms with Crippen LogP contribution in [-0.4, -0.2) is 78.4 Å². The quantitative estimate of drug-likeness (QED) is 0.383. The first-order chi connectivity index (χ1) is 19.1. The predicted molar refractivity (Wildman–Crippen MR) is 137 cm³/mol. The van der Waals surface area contributed by atoms with E-state index in [2.05, 4.69) is 20.2 Å². The number of alkyl halides is 3. The fourth-order valence-corrected chi connectivity index (χ4v) is 5.85. The van der Waals surface area contributed by atoms with Crippen LogP contribution in [0.4, 0.5) is 18.0 Å². The van der Waals surface area contributed by atoms with Gasteiger partial charge in [-0.05, 0) is 42.2 Å². The SMILES string of the molecule is O=C(O[C@@H]1Cc2cc(Cl)c3[nH]ncc3c2CN(CC(F)(F)F)C1=O)N1CCC(n2c(=O)[nH]c3ncccc32)CC1. The third-order valence-corrected chi connectivity index (χ3v) is 7.72. The smallest absolute Gasteiger partial charge is 0.410 e. The van der Waals surface area contributed by atoms with E-state index < -0.39 is 30.8 Å². The average molecular weight is 578 g/mol. The molecule has 1 atom stereocenters. The number of fused-ring (bicyclic) bond motifs is 4. The van der Waals surface area contributed by atoms with Gasteiger partial charge in [-0.25, -0.2) is 14.6 Å². The molecule has 5 heterocycles. The molecular weight excluding hydrogens is 555 g/mol. The number of aromatic nitrogens is 5. The molecule has 210 valence electrons. The Morgan fingerprint density at radius 3 is 2.75 bits per heavy atom. The lowest BCUT2D eigenvalue weighted by atomic mass is 9.99. The lowest BCUT2D eigenvalue weighted by molar-refractivity contribution is -0.167. The Hall–Kier alpha value is -4.07. The molecule has 0 saturated carbocycles. The van der Waals surface area contributed by atoms with E-state index in [9.17, 15) is 27.6 Å². The molecule has 4 aromatic rings. The zero-order valence-electron chi connectivity index (χ0n) is 20.9. The van der Waals surface area contributed by atoms with Crippen molar-refractivity contribution in [3.8, 4) is 0 Å². The number of carbonyl (C=O) groups excluding carboxylic acids is 2. The maximum absolute atomic E-state index is 13.4. The van der Waals surface area contributed by atoms with Gasteiger partial charge in [0.15, 0.2) is 11.8 Å². The van der Waals surface area contributed by atoms with Crippen LogP contribution in [0.5, 0.6) is 0 Å². The number of halogens is 4. The summed E-state index contributed by atoms with van der Waals surface area (Å²) in [6.45, 7) is -1.38. The minimum atomic E-state index is -4.66. The van der Waals surface area contributed by atoms with Crippen LogP contribution >= 0.6 is 11.6 Å². The summed E-state index contributed by atoms with van der Waals surface area (Å²) >= 11 is 6.35. The summed E-state index contributed by atoms with van der Waals surface area (Å²) in [7, 11) is 0. The number of imidazole rings is 1. The second-order valence-corrected chi connectivity index (χ2v) is 10.3. The number of benzene rings is 1. The van der Waals surface area contributed by atoms with Gasteiger partial charge in [0.2, 0.25) is 0 Å². The van der Waals surface area contributed by atoms with E-state index in [1.54, 1.807) is 29.0 Å². The topological polar surface area (TPSA) is 129 Å². The Kier molecular flexibility index (Phi) is 6.44. The summed E-state index contributed by atoms with van der Waals surface area (Å²) < 4.78 is 47.4. The van der Waals surface area contributed by atoms with E-state index in [0.29, 0.717) is 50.9 Å². The second-order valence-electron chi connectivity index (χ2n) is 9.93. The zero-order valence-corrected chi connectivity index (χ0v) is 21.6. The van der Waals surface area contributed by atoms with E-state index >= 15 is 0 Å². The lowest BCUT2D eigenvalue weighted by Gasteiger charge is -2.33. The van der Waals surface area contributed by atoms with Gasteiger partial charge in [-0.3, -0.25) is 19.4 Å². The van der Waals surface area contributed by atoms with Crippen LogP contribution in [0.2, 0.25) is 5.02 Å². The summed E-state index contributed by atoms with van der Waals surface area (Å²) in [5, 5.41) is 7.45. The number of piperidine rings is 1. The first kappa shape index (κ1) is 26.2. The number of likely N-dealkylation sites (tertiary alicyclic amines) is 1. The van der Waals surface area contributed by atoms with Gasteiger partial charge in [0.25, 0.3) is 5.91 Å². The molecule has 3 aromatic heterocycles. The Morgan fingerprint density at radius 1 is 1.23 bits per heavy atom. The van der Waals surface area contributed by atoms with Gasteiger partial charge >= 0.3 is 18.0 Å². The van der Waals surface area contributed by atoms with E-state index in [-0.39, 0.29) is 42.8 Å². The first-order valence-corrected chi connectivity index (χ1v) is 13.0. The van der Waals surface area contributed by atoms with Gasteiger partial charge in [0, 0.05) is 43.7 Å². The van der Waals surface area contributed by atoms with Crippen molar-refractivity contribution in [2.75, 3.05) is 19.6 Å². The van der Waals surface area contributed by atoms with Gasteiger partial charge in [0.1, 0.15) is 6.54 Å². The fraction of sp³-hybridized carbons (Fsp3) is 0.400. The van der Waals surface area contributed by atoms with Crippen LogP contribution in [0.15, 0.2) is 35.4 Å². The van der Waals surface area contributed by atoms with Crippen molar-refractivity contribution in [2.24, 2.45) is 0 Å². The highest BCUT2D eigenvalue weighted by Gasteiger charge is 2.40. The van der Waals surface area contributed by atoms with Crippen LogP contribution in [0, 0.1) is 0 Å². The van der Waals surface area contributed by atoms with Crippen molar-refractivity contribution in [1.29, 1.82) is 0 Å². The molecule has 2 amide bonds. The molecule has 11 nitrogen and oxygen atoms in total. The Labute approximate surface area is 228 Å². The number of nitrogens with one attached hydrogen (secondary N) is 2. The number of amides is 2. The zero-order chi connectivity index (χ0) is 28.2. The highest BCUT2D eigenvalue weighted by Crippen LogP contribution is 2.34. The van der Waals surface area contributed by atoms with E-state index in [1.807, 2.05) is 0 Å². The van der Waals surface area contributed by atoms with Crippen LogP contribution in [0.1, 0.15) is 30.0 Å². The molecule has 0 aliphatic carbocycles. The summed E-state index contributed by atoms with van der Waals surface area (Å²) in [5.41, 5.74) is 2.24. The molecular formula is C25H23ClF3N7O4. The monoisotopic (exact) mass is 577 g/mol. The molecule has 2 N–H and O–H groups in total. The number of hydrogen-bond acceptors (Lipinski definition) is 6. The number of H-pyrrole nitrogens is 2. The Balaban J connectivity index is 1.21. The molecule has 1 fully saturated rings. The number of hydrogen-bond donors (Lipinski definition) is 2.